The van der Waals surface area contributed by atoms with Gasteiger partial charge in [-0.3, -0.25) is 0 Å². The van der Waals surface area contributed by atoms with Crippen molar-refractivity contribution in [3.05, 3.63) is 42.4 Å². The van der Waals surface area contributed by atoms with E-state index in [1.165, 1.54) is 6.33 Å². The van der Waals surface area contributed by atoms with Gasteiger partial charge in [0.2, 0.25) is 5.88 Å². The Morgan fingerprint density at radius 1 is 1.07 bits per heavy atom. The van der Waals surface area contributed by atoms with Gasteiger partial charge >= 0.3 is 0 Å². The van der Waals surface area contributed by atoms with Gasteiger partial charge in [0, 0.05) is 24.2 Å². The molecule has 8 nitrogen and oxygen atoms in total. The molecule has 3 rings (SSSR count). The third kappa shape index (κ3) is 4.08. The van der Waals surface area contributed by atoms with Crippen molar-refractivity contribution in [2.45, 2.75) is 19.8 Å². The molecule has 0 amide bonds. The van der Waals surface area contributed by atoms with Gasteiger partial charge in [0.25, 0.3) is 0 Å². The maximum atomic E-state index is 8.89. The summed E-state index contributed by atoms with van der Waals surface area (Å²) >= 11 is 0. The summed E-state index contributed by atoms with van der Waals surface area (Å²) in [7, 11) is 0. The highest BCUT2D eigenvalue weighted by atomic mass is 16.5. The highest BCUT2D eigenvalue weighted by Gasteiger charge is 2.17. The number of hydrogen-bond donors (Lipinski definition) is 1. The first-order valence-corrected chi connectivity index (χ1v) is 8.77. The summed E-state index contributed by atoms with van der Waals surface area (Å²) in [5, 5.41) is 18.7. The number of aryl methyl sites for hydroxylation is 1. The standard InChI is InChI=1S/C20H19N7O/c1-14-7-8-15-5-2-6-16(18(15)26-14)28-20-17(23)19(24-13-25-20)27(11-3-9-21)12-4-10-22/h2,5-8,13H,3-4,11-12,23H2,1H3. The van der Waals surface area contributed by atoms with E-state index in [9.17, 15) is 0 Å². The van der Waals surface area contributed by atoms with Crippen LogP contribution in [0.15, 0.2) is 36.7 Å². The van der Waals surface area contributed by atoms with Gasteiger partial charge in [0.1, 0.15) is 17.5 Å². The van der Waals surface area contributed by atoms with Gasteiger partial charge in [-0.25, -0.2) is 9.97 Å². The molecule has 0 saturated heterocycles. The maximum absolute atomic E-state index is 8.89. The summed E-state index contributed by atoms with van der Waals surface area (Å²) in [4.78, 5) is 14.7. The van der Waals surface area contributed by atoms with E-state index in [1.54, 1.807) is 11.0 Å². The zero-order valence-electron chi connectivity index (χ0n) is 15.5. The van der Waals surface area contributed by atoms with Crippen molar-refractivity contribution in [2.75, 3.05) is 23.7 Å². The lowest BCUT2D eigenvalue weighted by atomic mass is 10.2. The normalized spacial score (nSPS) is 10.2. The number of nitriles is 2. The highest BCUT2D eigenvalue weighted by molar-refractivity contribution is 5.85. The summed E-state index contributed by atoms with van der Waals surface area (Å²) in [6, 6.07) is 13.7. The fourth-order valence-corrected chi connectivity index (χ4v) is 2.80. The zero-order chi connectivity index (χ0) is 19.9. The van der Waals surface area contributed by atoms with E-state index in [2.05, 4.69) is 27.1 Å². The van der Waals surface area contributed by atoms with Crippen LogP contribution in [0.1, 0.15) is 18.5 Å². The molecular weight excluding hydrogens is 354 g/mol. The molecule has 2 N–H and O–H groups in total. The number of pyridine rings is 1. The van der Waals surface area contributed by atoms with Crippen molar-refractivity contribution >= 4 is 22.4 Å². The number of hydrogen-bond acceptors (Lipinski definition) is 8. The zero-order valence-corrected chi connectivity index (χ0v) is 15.5. The van der Waals surface area contributed by atoms with E-state index in [-0.39, 0.29) is 24.4 Å². The number of rotatable bonds is 7. The summed E-state index contributed by atoms with van der Waals surface area (Å²) in [6.07, 6.45) is 1.94. The van der Waals surface area contributed by atoms with E-state index >= 15 is 0 Å². The Kier molecular flexibility index (Phi) is 5.83. The molecule has 0 spiro atoms. The minimum absolute atomic E-state index is 0.208. The second-order valence-electron chi connectivity index (χ2n) is 6.10. The number of benzene rings is 1. The molecule has 0 fully saturated rings. The lowest BCUT2D eigenvalue weighted by Crippen LogP contribution is -2.27. The van der Waals surface area contributed by atoms with Crippen LogP contribution in [0.25, 0.3) is 10.9 Å². The molecule has 0 bridgehead atoms. The number of fused-ring (bicyclic) bond motifs is 1. The Morgan fingerprint density at radius 2 is 1.82 bits per heavy atom. The minimum atomic E-state index is 0.208. The maximum Gasteiger partial charge on any atom is 0.248 e. The smallest absolute Gasteiger partial charge is 0.248 e. The van der Waals surface area contributed by atoms with Crippen LogP contribution in [-0.4, -0.2) is 28.0 Å². The summed E-state index contributed by atoms with van der Waals surface area (Å²) in [5.41, 5.74) is 8.11. The minimum Gasteiger partial charge on any atom is -0.435 e. The average Bonchev–Trinajstić information content (AvgIpc) is 2.70. The van der Waals surface area contributed by atoms with Gasteiger partial charge < -0.3 is 15.4 Å². The highest BCUT2D eigenvalue weighted by Crippen LogP contribution is 2.34. The van der Waals surface area contributed by atoms with Gasteiger partial charge in [0.15, 0.2) is 11.6 Å². The molecule has 2 heterocycles. The molecule has 140 valence electrons. The van der Waals surface area contributed by atoms with Gasteiger partial charge in [-0.1, -0.05) is 18.2 Å². The lowest BCUT2D eigenvalue weighted by Gasteiger charge is -2.23. The monoisotopic (exact) mass is 373 g/mol. The van der Waals surface area contributed by atoms with Crippen LogP contribution in [0.3, 0.4) is 0 Å². The lowest BCUT2D eigenvalue weighted by molar-refractivity contribution is 0.468. The SMILES string of the molecule is Cc1ccc2cccc(Oc3ncnc(N(CCC#N)CCC#N)c3N)c2n1. The van der Waals surface area contributed by atoms with Crippen LogP contribution >= 0.6 is 0 Å². The number of nitrogen functional groups attached to an aromatic ring is 1. The average molecular weight is 373 g/mol. The number of aromatic nitrogens is 3. The molecule has 0 atom stereocenters. The number of nitrogens with two attached hydrogens (primary N) is 1. The quantitative estimate of drug-likeness (QED) is 0.668. The van der Waals surface area contributed by atoms with Crippen LogP contribution in [0, 0.1) is 29.6 Å². The van der Waals surface area contributed by atoms with Crippen LogP contribution < -0.4 is 15.4 Å². The molecule has 3 aromatic rings. The predicted molar refractivity (Wildman–Crippen MR) is 106 cm³/mol. The second kappa shape index (κ2) is 8.65. The van der Waals surface area contributed by atoms with E-state index in [4.69, 9.17) is 21.0 Å². The van der Waals surface area contributed by atoms with Crippen LogP contribution in [0.4, 0.5) is 11.5 Å². The molecular formula is C20H19N7O. The Bertz CT molecular complexity index is 1050. The molecule has 8 heteroatoms. The van der Waals surface area contributed by atoms with Crippen LogP contribution in [0.2, 0.25) is 0 Å². The fourth-order valence-electron chi connectivity index (χ4n) is 2.80. The number of para-hydroxylation sites is 1. The summed E-state index contributed by atoms with van der Waals surface area (Å²) in [5.74, 6) is 1.19. The first kappa shape index (κ1) is 18.9. The molecule has 0 aliphatic carbocycles. The molecule has 0 aliphatic heterocycles. The molecule has 28 heavy (non-hydrogen) atoms. The molecule has 0 radical (unpaired) electrons. The Morgan fingerprint density at radius 3 is 2.54 bits per heavy atom. The van der Waals surface area contributed by atoms with Gasteiger partial charge in [0.05, 0.1) is 25.0 Å². The fraction of sp³-hybridized carbons (Fsp3) is 0.250. The van der Waals surface area contributed by atoms with E-state index < -0.39 is 0 Å². The molecule has 0 saturated carbocycles. The van der Waals surface area contributed by atoms with Gasteiger partial charge in [-0.15, -0.1) is 0 Å². The Hall–Kier alpha value is -3.91. The van der Waals surface area contributed by atoms with E-state index in [1.807, 2.05) is 31.2 Å². The van der Waals surface area contributed by atoms with E-state index in [0.29, 0.717) is 30.2 Å². The summed E-state index contributed by atoms with van der Waals surface area (Å²) in [6.45, 7) is 2.73. The van der Waals surface area contributed by atoms with Crippen molar-refractivity contribution in [1.29, 1.82) is 10.5 Å². The molecule has 0 unspecified atom stereocenters. The largest absolute Gasteiger partial charge is 0.435 e. The van der Waals surface area contributed by atoms with Crippen molar-refractivity contribution in [3.63, 3.8) is 0 Å². The number of anilines is 2. The first-order valence-electron chi connectivity index (χ1n) is 8.77. The van der Waals surface area contributed by atoms with E-state index in [0.717, 1.165) is 11.1 Å². The van der Waals surface area contributed by atoms with Crippen LogP contribution in [0.5, 0.6) is 11.6 Å². The third-order valence-electron chi connectivity index (χ3n) is 4.14. The van der Waals surface area contributed by atoms with Crippen molar-refractivity contribution < 1.29 is 4.74 Å². The molecule has 0 aliphatic rings. The Labute approximate surface area is 162 Å². The number of ether oxygens (including phenoxy) is 1. The van der Waals surface area contributed by atoms with Crippen molar-refractivity contribution in [2.24, 2.45) is 0 Å². The number of nitrogens with zero attached hydrogens (tertiary/aromatic N) is 6. The molecule has 1 aromatic carbocycles. The third-order valence-corrected chi connectivity index (χ3v) is 4.14. The predicted octanol–water partition coefficient (Wildman–Crippen LogP) is 3.34. The Balaban J connectivity index is 1.96. The van der Waals surface area contributed by atoms with Gasteiger partial charge in [-0.05, 0) is 19.1 Å². The van der Waals surface area contributed by atoms with Gasteiger partial charge in [-0.2, -0.15) is 15.5 Å². The summed E-state index contributed by atoms with van der Waals surface area (Å²) < 4.78 is 5.98. The first-order chi connectivity index (χ1) is 13.6. The van der Waals surface area contributed by atoms with Crippen LogP contribution in [-0.2, 0) is 0 Å². The van der Waals surface area contributed by atoms with Crippen molar-refractivity contribution in [1.82, 2.24) is 15.0 Å². The van der Waals surface area contributed by atoms with Crippen molar-refractivity contribution in [3.8, 4) is 23.8 Å². The topological polar surface area (TPSA) is 125 Å². The molecule has 2 aromatic heterocycles. The second-order valence-corrected chi connectivity index (χ2v) is 6.10.